The van der Waals surface area contributed by atoms with Gasteiger partial charge in [0.15, 0.2) is 0 Å². The first kappa shape index (κ1) is 13.2. The van der Waals surface area contributed by atoms with Gasteiger partial charge < -0.3 is 5.73 Å². The Hall–Kier alpha value is -1.81. The number of anilines is 1. The van der Waals surface area contributed by atoms with Gasteiger partial charge in [-0.15, -0.1) is 0 Å². The molecule has 2 N–H and O–H groups in total. The van der Waals surface area contributed by atoms with Gasteiger partial charge in [-0.3, -0.25) is 9.58 Å². The molecule has 4 heteroatoms. The van der Waals surface area contributed by atoms with Crippen LogP contribution in [0, 0.1) is 0 Å². The fourth-order valence-corrected chi connectivity index (χ4v) is 3.03. The molecule has 0 bridgehead atoms. The molecule has 4 nitrogen and oxygen atoms in total. The fraction of sp³-hybridized carbons (Fsp3) is 0.438. The number of nitrogens with two attached hydrogens (primary N) is 1. The van der Waals surface area contributed by atoms with Crippen molar-refractivity contribution < 1.29 is 0 Å². The summed E-state index contributed by atoms with van der Waals surface area (Å²) in [5.74, 6) is 1.25. The topological polar surface area (TPSA) is 47.1 Å². The maximum absolute atomic E-state index is 5.88. The molecule has 1 aliphatic rings. The van der Waals surface area contributed by atoms with Gasteiger partial charge in [0.1, 0.15) is 5.82 Å². The predicted molar refractivity (Wildman–Crippen MR) is 81.4 cm³/mol. The average Bonchev–Trinajstić information content (AvgIpc) is 3.07. The summed E-state index contributed by atoms with van der Waals surface area (Å²) in [6.07, 6.45) is 1.16. The minimum Gasteiger partial charge on any atom is -0.384 e. The molecule has 1 fully saturated rings. The van der Waals surface area contributed by atoms with Crippen molar-refractivity contribution in [3.8, 4) is 0 Å². The minimum atomic E-state index is 0.460. The van der Waals surface area contributed by atoms with Crippen molar-refractivity contribution >= 4 is 5.82 Å². The maximum atomic E-state index is 5.88. The van der Waals surface area contributed by atoms with E-state index in [1.807, 2.05) is 13.1 Å². The molecule has 0 spiro atoms. The lowest BCUT2D eigenvalue weighted by Gasteiger charge is -2.24. The van der Waals surface area contributed by atoms with Crippen molar-refractivity contribution in [1.82, 2.24) is 14.7 Å². The van der Waals surface area contributed by atoms with E-state index in [-0.39, 0.29) is 0 Å². The van der Waals surface area contributed by atoms with Gasteiger partial charge in [0.2, 0.25) is 0 Å². The second-order valence-electron chi connectivity index (χ2n) is 5.68. The summed E-state index contributed by atoms with van der Waals surface area (Å²) in [5, 5.41) is 4.52. The molecule has 2 atom stereocenters. The molecule has 1 aromatic heterocycles. The van der Waals surface area contributed by atoms with Crippen LogP contribution in [0.5, 0.6) is 0 Å². The SMILES string of the molecule is C[C@@H](c1ccccc1)N1CC[C@H](c2cc(N)n(C)n2)C1. The molecular formula is C16H22N4. The van der Waals surface area contributed by atoms with E-state index in [0.29, 0.717) is 12.0 Å². The highest BCUT2D eigenvalue weighted by Gasteiger charge is 2.29. The normalized spacial score (nSPS) is 21.2. The first-order chi connectivity index (χ1) is 9.65. The van der Waals surface area contributed by atoms with Crippen molar-refractivity contribution in [1.29, 1.82) is 0 Å². The minimum absolute atomic E-state index is 0.460. The van der Waals surface area contributed by atoms with Gasteiger partial charge in [-0.1, -0.05) is 30.3 Å². The first-order valence-corrected chi connectivity index (χ1v) is 7.23. The molecule has 1 aromatic carbocycles. The van der Waals surface area contributed by atoms with Gasteiger partial charge in [-0.25, -0.2) is 0 Å². The molecule has 1 saturated heterocycles. The van der Waals surface area contributed by atoms with E-state index < -0.39 is 0 Å². The number of nitrogens with zero attached hydrogens (tertiary/aromatic N) is 3. The van der Waals surface area contributed by atoms with Crippen LogP contribution in [0.1, 0.15) is 36.6 Å². The van der Waals surface area contributed by atoms with Crippen molar-refractivity contribution in [3.05, 3.63) is 47.7 Å². The summed E-state index contributed by atoms with van der Waals surface area (Å²) in [6, 6.07) is 13.2. The van der Waals surface area contributed by atoms with Crippen LogP contribution < -0.4 is 5.73 Å². The van der Waals surface area contributed by atoms with Gasteiger partial charge in [0, 0.05) is 31.6 Å². The molecule has 1 aliphatic heterocycles. The molecule has 0 amide bonds. The van der Waals surface area contributed by atoms with Crippen molar-refractivity contribution in [2.24, 2.45) is 7.05 Å². The van der Waals surface area contributed by atoms with Crippen molar-refractivity contribution in [2.75, 3.05) is 18.8 Å². The Morgan fingerprint density at radius 3 is 2.70 bits per heavy atom. The highest BCUT2D eigenvalue weighted by molar-refractivity contribution is 5.32. The summed E-state index contributed by atoms with van der Waals surface area (Å²) < 4.78 is 1.76. The van der Waals surface area contributed by atoms with Crippen LogP contribution in [0.15, 0.2) is 36.4 Å². The molecule has 3 rings (SSSR count). The van der Waals surface area contributed by atoms with Gasteiger partial charge in [-0.2, -0.15) is 5.10 Å². The Bertz CT molecular complexity index is 556. The third kappa shape index (κ3) is 2.43. The second kappa shape index (κ2) is 5.29. The molecule has 0 saturated carbocycles. The number of hydrogen-bond acceptors (Lipinski definition) is 3. The Kier molecular flexibility index (Phi) is 3.49. The zero-order valence-corrected chi connectivity index (χ0v) is 12.2. The van der Waals surface area contributed by atoms with E-state index >= 15 is 0 Å². The van der Waals surface area contributed by atoms with E-state index in [2.05, 4.69) is 47.3 Å². The molecule has 0 aliphatic carbocycles. The fourth-order valence-electron chi connectivity index (χ4n) is 3.03. The molecule has 106 valence electrons. The molecule has 0 unspecified atom stereocenters. The smallest absolute Gasteiger partial charge is 0.121 e. The van der Waals surface area contributed by atoms with Gasteiger partial charge >= 0.3 is 0 Å². The number of hydrogen-bond donors (Lipinski definition) is 1. The van der Waals surface area contributed by atoms with Crippen LogP contribution >= 0.6 is 0 Å². The second-order valence-corrected chi connectivity index (χ2v) is 5.68. The molecule has 2 aromatic rings. The molecule has 0 radical (unpaired) electrons. The van der Waals surface area contributed by atoms with Crippen LogP contribution in [0.4, 0.5) is 5.82 Å². The largest absolute Gasteiger partial charge is 0.384 e. The third-order valence-corrected chi connectivity index (χ3v) is 4.40. The number of aryl methyl sites for hydroxylation is 1. The van der Waals surface area contributed by atoms with Crippen LogP contribution in [-0.4, -0.2) is 27.8 Å². The summed E-state index contributed by atoms with van der Waals surface area (Å²) in [7, 11) is 1.90. The maximum Gasteiger partial charge on any atom is 0.121 e. The summed E-state index contributed by atoms with van der Waals surface area (Å²) in [4.78, 5) is 2.53. The Morgan fingerprint density at radius 1 is 1.30 bits per heavy atom. The number of nitrogen functional groups attached to an aromatic ring is 1. The summed E-state index contributed by atoms with van der Waals surface area (Å²) >= 11 is 0. The first-order valence-electron chi connectivity index (χ1n) is 7.23. The Balaban J connectivity index is 1.70. The van der Waals surface area contributed by atoms with Crippen LogP contribution in [0.2, 0.25) is 0 Å². The lowest BCUT2D eigenvalue weighted by atomic mass is 10.0. The lowest BCUT2D eigenvalue weighted by Crippen LogP contribution is -2.24. The third-order valence-electron chi connectivity index (χ3n) is 4.40. The van der Waals surface area contributed by atoms with Crippen LogP contribution in [0.25, 0.3) is 0 Å². The highest BCUT2D eigenvalue weighted by Crippen LogP contribution is 2.32. The van der Waals surface area contributed by atoms with E-state index in [9.17, 15) is 0 Å². The number of aromatic nitrogens is 2. The van der Waals surface area contributed by atoms with Crippen molar-refractivity contribution in [3.63, 3.8) is 0 Å². The van der Waals surface area contributed by atoms with E-state index in [1.54, 1.807) is 4.68 Å². The van der Waals surface area contributed by atoms with E-state index in [0.717, 1.165) is 31.0 Å². The van der Waals surface area contributed by atoms with Crippen LogP contribution in [-0.2, 0) is 7.05 Å². The predicted octanol–water partition coefficient (Wildman–Crippen LogP) is 2.55. The average molecular weight is 270 g/mol. The van der Waals surface area contributed by atoms with Gasteiger partial charge in [0.25, 0.3) is 0 Å². The van der Waals surface area contributed by atoms with Crippen molar-refractivity contribution in [2.45, 2.75) is 25.3 Å². The summed E-state index contributed by atoms with van der Waals surface area (Å²) in [6.45, 7) is 4.47. The zero-order chi connectivity index (χ0) is 14.1. The Morgan fingerprint density at radius 2 is 2.05 bits per heavy atom. The molecule has 2 heterocycles. The van der Waals surface area contributed by atoms with E-state index in [4.69, 9.17) is 5.73 Å². The number of benzene rings is 1. The van der Waals surface area contributed by atoms with E-state index in [1.165, 1.54) is 5.56 Å². The number of rotatable bonds is 3. The monoisotopic (exact) mass is 270 g/mol. The number of likely N-dealkylation sites (tertiary alicyclic amines) is 1. The highest BCUT2D eigenvalue weighted by atomic mass is 15.3. The molecular weight excluding hydrogens is 248 g/mol. The standard InChI is InChI=1S/C16H22N4/c1-12(13-6-4-3-5-7-13)20-9-8-14(11-20)15-10-16(17)19(2)18-15/h3-7,10,12,14H,8-9,11,17H2,1-2H3/t12-,14-/m0/s1. The van der Waals surface area contributed by atoms with Gasteiger partial charge in [0.05, 0.1) is 5.69 Å². The quantitative estimate of drug-likeness (QED) is 0.932. The summed E-state index contributed by atoms with van der Waals surface area (Å²) in [5.41, 5.74) is 8.40. The lowest BCUT2D eigenvalue weighted by molar-refractivity contribution is 0.259. The zero-order valence-electron chi connectivity index (χ0n) is 12.2. The van der Waals surface area contributed by atoms with Crippen LogP contribution in [0.3, 0.4) is 0 Å². The van der Waals surface area contributed by atoms with Gasteiger partial charge in [-0.05, 0) is 25.5 Å². The Labute approximate surface area is 120 Å². The molecule has 20 heavy (non-hydrogen) atoms.